The van der Waals surface area contributed by atoms with Crippen LogP contribution >= 0.6 is 12.6 Å². The summed E-state index contributed by atoms with van der Waals surface area (Å²) in [5.41, 5.74) is 2.81. The molecule has 0 atom stereocenters. The summed E-state index contributed by atoms with van der Waals surface area (Å²) in [4.78, 5) is 1.25. The van der Waals surface area contributed by atoms with E-state index in [-0.39, 0.29) is 0 Å². The molecule has 0 radical (unpaired) electrons. The van der Waals surface area contributed by atoms with Crippen LogP contribution in [0.4, 0.5) is 0 Å². The minimum absolute atomic E-state index is 1.14. The Labute approximate surface area is 62.1 Å². The zero-order chi connectivity index (χ0) is 6.85. The first-order valence-corrected chi connectivity index (χ1v) is 3.71. The topological polar surface area (TPSA) is 0 Å². The lowest BCUT2D eigenvalue weighted by molar-refractivity contribution is 0.934. The van der Waals surface area contributed by atoms with Crippen molar-refractivity contribution in [1.29, 1.82) is 0 Å². The first-order valence-electron chi connectivity index (χ1n) is 3.26. The average Bonchev–Trinajstić information content (AvgIpc) is 1.80. The highest BCUT2D eigenvalue weighted by atomic mass is 32.1. The van der Waals surface area contributed by atoms with E-state index in [1.165, 1.54) is 22.5 Å². The molecule has 0 unspecified atom stereocenters. The van der Waals surface area contributed by atoms with Gasteiger partial charge in [-0.2, -0.15) is 0 Å². The molecule has 0 aromatic rings. The van der Waals surface area contributed by atoms with E-state index in [9.17, 15) is 0 Å². The second kappa shape index (κ2) is 2.61. The summed E-state index contributed by atoms with van der Waals surface area (Å²) in [6.07, 6.45) is 4.54. The summed E-state index contributed by atoms with van der Waals surface area (Å²) in [5, 5.41) is 0. The van der Waals surface area contributed by atoms with Crippen LogP contribution in [0.5, 0.6) is 0 Å². The van der Waals surface area contributed by atoms with E-state index in [0.717, 1.165) is 6.42 Å². The van der Waals surface area contributed by atoms with Crippen molar-refractivity contribution in [3.63, 3.8) is 0 Å². The van der Waals surface area contributed by atoms with Crippen LogP contribution in [0.1, 0.15) is 26.7 Å². The molecule has 50 valence electrons. The molecule has 0 bridgehead atoms. The summed E-state index contributed by atoms with van der Waals surface area (Å²) >= 11 is 4.33. The van der Waals surface area contributed by atoms with Gasteiger partial charge in [-0.1, -0.05) is 11.6 Å². The molecular formula is C8H12S. The van der Waals surface area contributed by atoms with Crippen LogP contribution in [0.3, 0.4) is 0 Å². The van der Waals surface area contributed by atoms with Crippen LogP contribution in [-0.4, -0.2) is 0 Å². The van der Waals surface area contributed by atoms with Crippen LogP contribution in [0.15, 0.2) is 22.1 Å². The molecule has 1 heteroatoms. The maximum absolute atomic E-state index is 4.33. The Morgan fingerprint density at radius 2 is 2.00 bits per heavy atom. The van der Waals surface area contributed by atoms with E-state index >= 15 is 0 Å². The standard InChI is InChI=1S/C8H12S/c1-6-3-4-8(9)7(2)5-6/h5,9H,3-4H2,1-2H3. The van der Waals surface area contributed by atoms with Crippen LogP contribution < -0.4 is 0 Å². The SMILES string of the molecule is CC1=CC(C)=C(S)CC1. The van der Waals surface area contributed by atoms with Gasteiger partial charge in [-0.3, -0.25) is 0 Å². The number of hydrogen-bond acceptors (Lipinski definition) is 1. The van der Waals surface area contributed by atoms with Crippen LogP contribution in [0, 0.1) is 0 Å². The first kappa shape index (κ1) is 6.94. The number of thiol groups is 1. The molecule has 0 nitrogen and oxygen atoms in total. The van der Waals surface area contributed by atoms with Gasteiger partial charge in [0.2, 0.25) is 0 Å². The van der Waals surface area contributed by atoms with Crippen molar-refractivity contribution in [3.05, 3.63) is 22.1 Å². The molecule has 0 fully saturated rings. The van der Waals surface area contributed by atoms with Gasteiger partial charge in [-0.05, 0) is 37.2 Å². The van der Waals surface area contributed by atoms with Crippen molar-refractivity contribution < 1.29 is 0 Å². The lowest BCUT2D eigenvalue weighted by atomic mass is 10.0. The molecule has 0 heterocycles. The van der Waals surface area contributed by atoms with Gasteiger partial charge in [0.15, 0.2) is 0 Å². The van der Waals surface area contributed by atoms with Gasteiger partial charge in [0.05, 0.1) is 0 Å². The van der Waals surface area contributed by atoms with Gasteiger partial charge >= 0.3 is 0 Å². The van der Waals surface area contributed by atoms with Gasteiger partial charge in [0, 0.05) is 0 Å². The summed E-state index contributed by atoms with van der Waals surface area (Å²) < 4.78 is 0. The molecular weight excluding hydrogens is 128 g/mol. The Bertz CT molecular complexity index is 175. The van der Waals surface area contributed by atoms with E-state index in [0.29, 0.717) is 0 Å². The Morgan fingerprint density at radius 1 is 1.33 bits per heavy atom. The third-order valence-electron chi connectivity index (χ3n) is 1.67. The zero-order valence-electron chi connectivity index (χ0n) is 5.94. The molecule has 0 aromatic carbocycles. The molecule has 0 saturated carbocycles. The van der Waals surface area contributed by atoms with Crippen molar-refractivity contribution in [2.45, 2.75) is 26.7 Å². The van der Waals surface area contributed by atoms with Crippen molar-refractivity contribution in [3.8, 4) is 0 Å². The monoisotopic (exact) mass is 140 g/mol. The van der Waals surface area contributed by atoms with Crippen molar-refractivity contribution in [1.82, 2.24) is 0 Å². The van der Waals surface area contributed by atoms with E-state index < -0.39 is 0 Å². The maximum atomic E-state index is 4.33. The van der Waals surface area contributed by atoms with Gasteiger partial charge in [-0.15, -0.1) is 12.6 Å². The molecule has 9 heavy (non-hydrogen) atoms. The fraction of sp³-hybridized carbons (Fsp3) is 0.500. The van der Waals surface area contributed by atoms with Gasteiger partial charge in [0.1, 0.15) is 0 Å². The smallest absolute Gasteiger partial charge is 0.0152 e. The third kappa shape index (κ3) is 1.62. The molecule has 0 amide bonds. The van der Waals surface area contributed by atoms with E-state index in [4.69, 9.17) is 0 Å². The molecule has 1 aliphatic carbocycles. The zero-order valence-corrected chi connectivity index (χ0v) is 6.83. The lowest BCUT2D eigenvalue weighted by Crippen LogP contribution is -1.89. The van der Waals surface area contributed by atoms with E-state index in [2.05, 4.69) is 32.6 Å². The molecule has 0 aromatic heterocycles. The second-order valence-electron chi connectivity index (χ2n) is 2.62. The van der Waals surface area contributed by atoms with Gasteiger partial charge in [0.25, 0.3) is 0 Å². The molecule has 0 N–H and O–H groups in total. The normalized spacial score (nSPS) is 20.1. The summed E-state index contributed by atoms with van der Waals surface area (Å²) in [6.45, 7) is 4.29. The van der Waals surface area contributed by atoms with Gasteiger partial charge < -0.3 is 0 Å². The van der Waals surface area contributed by atoms with Crippen LogP contribution in [0.2, 0.25) is 0 Å². The minimum Gasteiger partial charge on any atom is -0.148 e. The Kier molecular flexibility index (Phi) is 2.01. The highest BCUT2D eigenvalue weighted by Crippen LogP contribution is 2.25. The second-order valence-corrected chi connectivity index (χ2v) is 3.16. The third-order valence-corrected chi connectivity index (χ3v) is 2.25. The predicted molar refractivity (Wildman–Crippen MR) is 44.7 cm³/mol. The maximum Gasteiger partial charge on any atom is -0.0152 e. The Hall–Kier alpha value is -0.170. The van der Waals surface area contributed by atoms with E-state index in [1.54, 1.807) is 0 Å². The van der Waals surface area contributed by atoms with E-state index in [1.807, 2.05) is 0 Å². The van der Waals surface area contributed by atoms with Crippen molar-refractivity contribution in [2.24, 2.45) is 0 Å². The fourth-order valence-electron chi connectivity index (χ4n) is 1.04. The highest BCUT2D eigenvalue weighted by Gasteiger charge is 2.02. The largest absolute Gasteiger partial charge is 0.148 e. The summed E-state index contributed by atoms with van der Waals surface area (Å²) in [7, 11) is 0. The lowest BCUT2D eigenvalue weighted by Gasteiger charge is -2.10. The number of hydrogen-bond donors (Lipinski definition) is 1. The van der Waals surface area contributed by atoms with Crippen molar-refractivity contribution in [2.75, 3.05) is 0 Å². The fourth-order valence-corrected chi connectivity index (χ4v) is 1.21. The first-order chi connectivity index (χ1) is 4.20. The Morgan fingerprint density at radius 3 is 2.44 bits per heavy atom. The summed E-state index contributed by atoms with van der Waals surface area (Å²) in [6, 6.07) is 0. The molecule has 0 saturated heterocycles. The van der Waals surface area contributed by atoms with Gasteiger partial charge in [-0.25, -0.2) is 0 Å². The Balaban J connectivity index is 2.83. The number of allylic oxidation sites excluding steroid dienone is 4. The molecule has 0 spiro atoms. The summed E-state index contributed by atoms with van der Waals surface area (Å²) in [5.74, 6) is 0. The molecule has 1 rings (SSSR count). The average molecular weight is 140 g/mol. The predicted octanol–water partition coefficient (Wildman–Crippen LogP) is 2.93. The quantitative estimate of drug-likeness (QED) is 0.491. The number of rotatable bonds is 0. The molecule has 1 aliphatic rings. The van der Waals surface area contributed by atoms with Crippen molar-refractivity contribution >= 4 is 12.6 Å². The minimum atomic E-state index is 1.14. The molecule has 0 aliphatic heterocycles. The van der Waals surface area contributed by atoms with Crippen LogP contribution in [0.25, 0.3) is 0 Å². The van der Waals surface area contributed by atoms with Crippen LogP contribution in [-0.2, 0) is 0 Å². The highest BCUT2D eigenvalue weighted by molar-refractivity contribution is 7.84.